The minimum absolute atomic E-state index is 0.0238. The summed E-state index contributed by atoms with van der Waals surface area (Å²) in [5.41, 5.74) is 1.69. The maximum Gasteiger partial charge on any atom is 0.246 e. The number of ether oxygens (including phenoxy) is 1. The summed E-state index contributed by atoms with van der Waals surface area (Å²) in [5.74, 6) is 0.979. The summed E-state index contributed by atoms with van der Waals surface area (Å²) < 4.78 is 6.15. The van der Waals surface area contributed by atoms with Crippen molar-refractivity contribution in [1.82, 2.24) is 14.9 Å². The van der Waals surface area contributed by atoms with Gasteiger partial charge in [0.05, 0.1) is 40.2 Å². The lowest BCUT2D eigenvalue weighted by atomic mass is 9.96. The number of fused-ring (bicyclic) bond motifs is 2. The lowest BCUT2D eigenvalue weighted by Crippen LogP contribution is -2.55. The van der Waals surface area contributed by atoms with Crippen molar-refractivity contribution in [3.05, 3.63) is 53.8 Å². The van der Waals surface area contributed by atoms with Crippen molar-refractivity contribution in [3.63, 3.8) is 0 Å². The molecule has 1 saturated heterocycles. The number of hydrogen-bond donors (Lipinski definition) is 1. The number of nitrogens with zero attached hydrogens (tertiary/aromatic N) is 5. The summed E-state index contributed by atoms with van der Waals surface area (Å²) in [7, 11) is 0. The Balaban J connectivity index is 1.69. The van der Waals surface area contributed by atoms with E-state index in [1.54, 1.807) is 23.1 Å². The number of benzene rings is 2. The molecule has 3 aromatic rings. The first-order chi connectivity index (χ1) is 16.0. The Bertz CT molecular complexity index is 1340. The minimum atomic E-state index is -0.0884. The number of hydrogen-bond acceptors (Lipinski definition) is 7. The molecule has 166 valence electrons. The SMILES string of the molecule is C=CC(=O)N1CCN2c3ncnc4cc(-c5c(O)cccc5C#N)c(Cl)c(c34)OCC[C@@H]2C1. The second kappa shape index (κ2) is 8.26. The highest BCUT2D eigenvalue weighted by Crippen LogP contribution is 2.47. The van der Waals surface area contributed by atoms with E-state index in [0.29, 0.717) is 71.8 Å². The lowest BCUT2D eigenvalue weighted by molar-refractivity contribution is -0.126. The van der Waals surface area contributed by atoms with Crippen molar-refractivity contribution < 1.29 is 14.6 Å². The number of carbonyl (C=O) groups is 1. The van der Waals surface area contributed by atoms with Crippen molar-refractivity contribution in [1.29, 1.82) is 5.26 Å². The molecule has 0 spiro atoms. The standard InChI is InChI=1S/C24H20ClN5O3/c1-2-19(32)29-7-8-30-15(12-29)6-9-33-23-21-17(27-13-28-24(21)30)10-16(22(23)25)20-14(11-26)4-3-5-18(20)31/h2-5,10,13,15,31H,1,6-9,12H2/t15-/m1/s1. The smallest absolute Gasteiger partial charge is 0.246 e. The van der Waals surface area contributed by atoms with Gasteiger partial charge in [-0.15, -0.1) is 0 Å². The predicted molar refractivity (Wildman–Crippen MR) is 124 cm³/mol. The van der Waals surface area contributed by atoms with E-state index in [0.717, 1.165) is 0 Å². The maximum absolute atomic E-state index is 12.2. The molecule has 3 heterocycles. The van der Waals surface area contributed by atoms with E-state index in [-0.39, 0.29) is 22.7 Å². The van der Waals surface area contributed by atoms with Gasteiger partial charge < -0.3 is 19.6 Å². The summed E-state index contributed by atoms with van der Waals surface area (Å²) >= 11 is 6.83. The summed E-state index contributed by atoms with van der Waals surface area (Å²) in [4.78, 5) is 25.1. The van der Waals surface area contributed by atoms with Crippen LogP contribution in [0.5, 0.6) is 11.5 Å². The fraction of sp³-hybridized carbons (Fsp3) is 0.250. The van der Waals surface area contributed by atoms with Gasteiger partial charge in [-0.1, -0.05) is 24.2 Å². The van der Waals surface area contributed by atoms with Gasteiger partial charge in [-0.05, 0) is 24.3 Å². The average molecular weight is 462 g/mol. The maximum atomic E-state index is 12.2. The van der Waals surface area contributed by atoms with Crippen molar-refractivity contribution in [2.24, 2.45) is 0 Å². The van der Waals surface area contributed by atoms with Gasteiger partial charge in [0.1, 0.15) is 17.9 Å². The summed E-state index contributed by atoms with van der Waals surface area (Å²) in [6.45, 7) is 5.67. The van der Waals surface area contributed by atoms with Crippen LogP contribution in [0.1, 0.15) is 12.0 Å². The molecule has 0 bridgehead atoms. The Morgan fingerprint density at radius 2 is 2.21 bits per heavy atom. The Kier molecular flexibility index (Phi) is 5.27. The molecule has 2 aliphatic rings. The first-order valence-electron chi connectivity index (χ1n) is 10.5. The number of nitriles is 1. The zero-order valence-corrected chi connectivity index (χ0v) is 18.4. The largest absolute Gasteiger partial charge is 0.507 e. The van der Waals surface area contributed by atoms with Crippen molar-refractivity contribution in [3.8, 4) is 28.7 Å². The highest BCUT2D eigenvalue weighted by Gasteiger charge is 2.34. The number of amides is 1. The van der Waals surface area contributed by atoms with Crippen LogP contribution in [0, 0.1) is 11.3 Å². The van der Waals surface area contributed by atoms with Crippen LogP contribution in [0.3, 0.4) is 0 Å². The van der Waals surface area contributed by atoms with Crippen LogP contribution in [-0.4, -0.2) is 58.2 Å². The second-order valence-corrected chi connectivity index (χ2v) is 8.32. The van der Waals surface area contributed by atoms with Crippen molar-refractivity contribution >= 4 is 34.2 Å². The number of piperazine rings is 1. The topological polar surface area (TPSA) is 103 Å². The molecule has 9 heteroatoms. The summed E-state index contributed by atoms with van der Waals surface area (Å²) in [6.07, 6.45) is 3.48. The van der Waals surface area contributed by atoms with Crippen LogP contribution in [0.2, 0.25) is 5.02 Å². The molecule has 0 aliphatic carbocycles. The third kappa shape index (κ3) is 3.41. The van der Waals surface area contributed by atoms with Gasteiger partial charge in [-0.25, -0.2) is 9.97 Å². The van der Waals surface area contributed by atoms with E-state index in [4.69, 9.17) is 16.3 Å². The van der Waals surface area contributed by atoms with Crippen molar-refractivity contribution in [2.45, 2.75) is 12.5 Å². The van der Waals surface area contributed by atoms with Gasteiger partial charge in [-0.2, -0.15) is 5.26 Å². The third-order valence-corrected chi connectivity index (χ3v) is 6.55. The summed E-state index contributed by atoms with van der Waals surface area (Å²) in [5, 5.41) is 21.1. The number of anilines is 1. The van der Waals surface area contributed by atoms with Crippen LogP contribution in [0.15, 0.2) is 43.2 Å². The molecule has 1 atom stereocenters. The number of phenolic OH excluding ortho intramolecular Hbond substituents is 1. The van der Waals surface area contributed by atoms with E-state index >= 15 is 0 Å². The Hall–Kier alpha value is -3.83. The highest BCUT2D eigenvalue weighted by atomic mass is 35.5. The molecule has 2 aromatic carbocycles. The molecule has 0 saturated carbocycles. The van der Waals surface area contributed by atoms with E-state index in [2.05, 4.69) is 27.5 Å². The molecule has 1 N–H and O–H groups in total. The molecule has 0 radical (unpaired) electrons. The Labute approximate surface area is 195 Å². The predicted octanol–water partition coefficient (Wildman–Crippen LogP) is 3.51. The molecular weight excluding hydrogens is 442 g/mol. The number of phenols is 1. The third-order valence-electron chi connectivity index (χ3n) is 6.17. The first-order valence-corrected chi connectivity index (χ1v) is 10.9. The number of rotatable bonds is 2. The van der Waals surface area contributed by atoms with Gasteiger partial charge in [0.15, 0.2) is 5.75 Å². The number of aromatic hydroxyl groups is 1. The first kappa shape index (κ1) is 21.0. The fourth-order valence-electron chi connectivity index (χ4n) is 4.61. The second-order valence-electron chi connectivity index (χ2n) is 7.94. The van der Waals surface area contributed by atoms with Gasteiger partial charge in [0.25, 0.3) is 0 Å². The highest BCUT2D eigenvalue weighted by molar-refractivity contribution is 6.36. The molecule has 33 heavy (non-hydrogen) atoms. The quantitative estimate of drug-likeness (QED) is 0.582. The monoisotopic (exact) mass is 461 g/mol. The molecule has 1 amide bonds. The van der Waals surface area contributed by atoms with Gasteiger partial charge in [0.2, 0.25) is 5.91 Å². The fourth-order valence-corrected chi connectivity index (χ4v) is 4.91. The molecule has 1 aromatic heterocycles. The van der Waals surface area contributed by atoms with Crippen LogP contribution in [0.25, 0.3) is 22.0 Å². The van der Waals surface area contributed by atoms with E-state index in [1.165, 1.54) is 18.5 Å². The normalized spacial score (nSPS) is 17.4. The zero-order valence-electron chi connectivity index (χ0n) is 17.7. The van der Waals surface area contributed by atoms with Crippen molar-refractivity contribution in [2.75, 3.05) is 31.1 Å². The van der Waals surface area contributed by atoms with Crippen LogP contribution < -0.4 is 9.64 Å². The Morgan fingerprint density at radius 3 is 3.00 bits per heavy atom. The molecule has 8 nitrogen and oxygen atoms in total. The lowest BCUT2D eigenvalue weighted by Gasteiger charge is -2.43. The average Bonchev–Trinajstić information content (AvgIpc) is 2.83. The van der Waals surface area contributed by atoms with Gasteiger partial charge in [-0.3, -0.25) is 4.79 Å². The van der Waals surface area contributed by atoms with Gasteiger partial charge in [0, 0.05) is 37.2 Å². The zero-order chi connectivity index (χ0) is 23.1. The van der Waals surface area contributed by atoms with Crippen LogP contribution >= 0.6 is 11.6 Å². The van der Waals surface area contributed by atoms with E-state index in [9.17, 15) is 15.2 Å². The molecule has 1 fully saturated rings. The number of carbonyl (C=O) groups excluding carboxylic acids is 1. The van der Waals surface area contributed by atoms with Crippen LogP contribution in [0.4, 0.5) is 5.82 Å². The molecule has 2 aliphatic heterocycles. The minimum Gasteiger partial charge on any atom is -0.507 e. The van der Waals surface area contributed by atoms with Crippen LogP contribution in [-0.2, 0) is 4.79 Å². The summed E-state index contributed by atoms with van der Waals surface area (Å²) in [6, 6.07) is 8.63. The Morgan fingerprint density at radius 1 is 1.36 bits per heavy atom. The number of halogens is 1. The number of aromatic nitrogens is 2. The van der Waals surface area contributed by atoms with E-state index in [1.807, 2.05) is 0 Å². The molecule has 5 rings (SSSR count). The molecule has 0 unspecified atom stereocenters. The van der Waals surface area contributed by atoms with Gasteiger partial charge >= 0.3 is 0 Å². The molecular formula is C24H20ClN5O3. The van der Waals surface area contributed by atoms with E-state index < -0.39 is 0 Å².